The van der Waals surface area contributed by atoms with Crippen molar-refractivity contribution in [2.75, 3.05) is 20.3 Å². The molecule has 0 saturated carbocycles. The molecule has 5 nitrogen and oxygen atoms in total. The van der Waals surface area contributed by atoms with Crippen LogP contribution < -0.4 is 0 Å². The first-order valence-corrected chi connectivity index (χ1v) is 8.76. The minimum atomic E-state index is -0.579. The van der Waals surface area contributed by atoms with Gasteiger partial charge in [-0.15, -0.1) is 0 Å². The number of hydrogen-bond donors (Lipinski definition) is 0. The molecule has 0 aromatic heterocycles. The molecule has 126 valence electrons. The lowest BCUT2D eigenvalue weighted by atomic mass is 10.1. The van der Waals surface area contributed by atoms with Gasteiger partial charge < -0.3 is 14.2 Å². The molecule has 1 aromatic rings. The summed E-state index contributed by atoms with van der Waals surface area (Å²) in [6.07, 6.45) is -0.131. The zero-order valence-corrected chi connectivity index (χ0v) is 15.8. The molecule has 0 amide bonds. The third-order valence-corrected chi connectivity index (χ3v) is 4.83. The van der Waals surface area contributed by atoms with Crippen molar-refractivity contribution in [2.24, 2.45) is 0 Å². The highest BCUT2D eigenvalue weighted by Crippen LogP contribution is 2.35. The van der Waals surface area contributed by atoms with E-state index in [9.17, 15) is 0 Å². The van der Waals surface area contributed by atoms with E-state index >= 15 is 0 Å². The van der Waals surface area contributed by atoms with Crippen LogP contribution in [0.4, 0.5) is 0 Å². The fourth-order valence-electron chi connectivity index (χ4n) is 2.95. The van der Waals surface area contributed by atoms with E-state index in [-0.39, 0.29) is 12.1 Å². The van der Waals surface area contributed by atoms with Crippen molar-refractivity contribution in [3.05, 3.63) is 45.2 Å². The normalized spacial score (nSPS) is 28.2. The molecule has 0 unspecified atom stereocenters. The van der Waals surface area contributed by atoms with E-state index in [0.29, 0.717) is 19.8 Å². The van der Waals surface area contributed by atoms with Crippen LogP contribution in [-0.4, -0.2) is 43.3 Å². The number of hydroxylamine groups is 2. The van der Waals surface area contributed by atoms with Crippen molar-refractivity contribution in [3.63, 3.8) is 0 Å². The van der Waals surface area contributed by atoms with Crippen LogP contribution in [0.2, 0.25) is 0 Å². The van der Waals surface area contributed by atoms with Gasteiger partial charge >= 0.3 is 0 Å². The molecule has 2 heterocycles. The summed E-state index contributed by atoms with van der Waals surface area (Å²) in [5, 5.41) is 1.95. The minimum Gasteiger partial charge on any atom is -0.498 e. The molecular formula is C17H22INO4. The number of hydrogen-bond acceptors (Lipinski definition) is 5. The summed E-state index contributed by atoms with van der Waals surface area (Å²) in [4.78, 5) is 5.97. The first kappa shape index (κ1) is 17.2. The topological polar surface area (TPSA) is 40.2 Å². The summed E-state index contributed by atoms with van der Waals surface area (Å²) in [6, 6.07) is 10.1. The van der Waals surface area contributed by atoms with Crippen LogP contribution in [0.1, 0.15) is 19.4 Å². The number of ether oxygens (including phenoxy) is 3. The van der Waals surface area contributed by atoms with Gasteiger partial charge in [-0.25, -0.2) is 0 Å². The molecule has 0 bridgehead atoms. The summed E-state index contributed by atoms with van der Waals surface area (Å²) in [5.74, 6) is 0.323. The van der Waals surface area contributed by atoms with E-state index in [1.807, 2.05) is 37.1 Å². The van der Waals surface area contributed by atoms with Crippen LogP contribution in [0.5, 0.6) is 0 Å². The number of benzene rings is 1. The van der Waals surface area contributed by atoms with Gasteiger partial charge in [-0.3, -0.25) is 4.84 Å². The maximum atomic E-state index is 6.08. The average Bonchev–Trinajstić information content (AvgIpc) is 2.89. The second-order valence-electron chi connectivity index (χ2n) is 6.12. The minimum absolute atomic E-state index is 0.123. The fraction of sp³-hybridized carbons (Fsp3) is 0.529. The van der Waals surface area contributed by atoms with Gasteiger partial charge in [0.15, 0.2) is 5.79 Å². The zero-order valence-electron chi connectivity index (χ0n) is 13.6. The molecule has 23 heavy (non-hydrogen) atoms. The Kier molecular flexibility index (Phi) is 5.27. The van der Waals surface area contributed by atoms with Crippen molar-refractivity contribution in [3.8, 4) is 0 Å². The van der Waals surface area contributed by atoms with Gasteiger partial charge in [0.05, 0.1) is 23.8 Å². The van der Waals surface area contributed by atoms with E-state index in [2.05, 4.69) is 34.7 Å². The molecule has 0 radical (unpaired) electrons. The number of methoxy groups -OCH3 is 1. The molecule has 0 spiro atoms. The molecule has 0 N–H and O–H groups in total. The van der Waals surface area contributed by atoms with Crippen molar-refractivity contribution in [1.29, 1.82) is 0 Å². The number of nitrogens with zero attached hydrogens (tertiary/aromatic N) is 1. The van der Waals surface area contributed by atoms with Gasteiger partial charge in [0.1, 0.15) is 24.5 Å². The van der Waals surface area contributed by atoms with Crippen LogP contribution in [0, 0.1) is 0 Å². The molecular weight excluding hydrogens is 409 g/mol. The lowest BCUT2D eigenvalue weighted by molar-refractivity contribution is -0.224. The van der Waals surface area contributed by atoms with Crippen LogP contribution in [0.3, 0.4) is 0 Å². The van der Waals surface area contributed by atoms with Gasteiger partial charge in [0.2, 0.25) is 0 Å². The SMILES string of the molecule is COC1=C(I)CON(Cc2ccccc2)[C@H]1[C@H]1COC(C)(C)O1. The molecule has 2 atom stereocenters. The molecule has 1 saturated heterocycles. The second kappa shape index (κ2) is 7.06. The highest BCUT2D eigenvalue weighted by molar-refractivity contribution is 14.1. The molecule has 6 heteroatoms. The van der Waals surface area contributed by atoms with Crippen LogP contribution in [0.25, 0.3) is 0 Å². The lowest BCUT2D eigenvalue weighted by Crippen LogP contribution is -2.49. The summed E-state index contributed by atoms with van der Waals surface area (Å²) in [7, 11) is 1.70. The fourth-order valence-corrected chi connectivity index (χ4v) is 3.62. The summed E-state index contributed by atoms with van der Waals surface area (Å²) >= 11 is 2.28. The Balaban J connectivity index is 1.85. The zero-order chi connectivity index (χ0) is 16.4. The summed E-state index contributed by atoms with van der Waals surface area (Å²) < 4.78 is 18.6. The summed E-state index contributed by atoms with van der Waals surface area (Å²) in [6.45, 7) is 5.56. The standard InChI is InChI=1S/C17H22INO4/c1-17(2)21-11-14(23-17)15-16(20-3)13(18)10-22-19(15)9-12-7-5-4-6-8-12/h4-8,14-15H,9-11H2,1-3H3/t14-,15+/m1/s1. The van der Waals surface area contributed by atoms with E-state index in [1.165, 1.54) is 5.56 Å². The monoisotopic (exact) mass is 431 g/mol. The average molecular weight is 431 g/mol. The predicted molar refractivity (Wildman–Crippen MR) is 94.7 cm³/mol. The van der Waals surface area contributed by atoms with Crippen molar-refractivity contribution in [2.45, 2.75) is 38.3 Å². The Morgan fingerprint density at radius 1 is 1.30 bits per heavy atom. The second-order valence-corrected chi connectivity index (χ2v) is 7.42. The first-order valence-electron chi connectivity index (χ1n) is 7.68. The van der Waals surface area contributed by atoms with Gasteiger partial charge in [-0.2, -0.15) is 5.06 Å². The highest BCUT2D eigenvalue weighted by Gasteiger charge is 2.45. The highest BCUT2D eigenvalue weighted by atomic mass is 127. The lowest BCUT2D eigenvalue weighted by Gasteiger charge is -2.38. The Hall–Kier alpha value is -0.670. The van der Waals surface area contributed by atoms with Crippen LogP contribution >= 0.6 is 22.6 Å². The molecule has 1 aromatic carbocycles. The Labute approximate surface area is 150 Å². The first-order chi connectivity index (χ1) is 11.0. The maximum absolute atomic E-state index is 6.08. The smallest absolute Gasteiger partial charge is 0.163 e. The van der Waals surface area contributed by atoms with E-state index in [1.54, 1.807) is 7.11 Å². The van der Waals surface area contributed by atoms with E-state index < -0.39 is 5.79 Å². The van der Waals surface area contributed by atoms with E-state index in [4.69, 9.17) is 19.0 Å². The van der Waals surface area contributed by atoms with Gasteiger partial charge in [0, 0.05) is 0 Å². The van der Waals surface area contributed by atoms with Gasteiger partial charge in [0.25, 0.3) is 0 Å². The Morgan fingerprint density at radius 3 is 2.65 bits per heavy atom. The van der Waals surface area contributed by atoms with Gasteiger partial charge in [-0.05, 0) is 42.0 Å². The molecule has 2 aliphatic rings. The molecule has 1 fully saturated rings. The summed E-state index contributed by atoms with van der Waals surface area (Å²) in [5.41, 5.74) is 1.18. The molecule has 2 aliphatic heterocycles. The quantitative estimate of drug-likeness (QED) is 0.685. The van der Waals surface area contributed by atoms with Gasteiger partial charge in [-0.1, -0.05) is 30.3 Å². The molecule has 3 rings (SSSR count). The van der Waals surface area contributed by atoms with Crippen molar-refractivity contribution < 1.29 is 19.0 Å². The largest absolute Gasteiger partial charge is 0.498 e. The molecule has 0 aliphatic carbocycles. The maximum Gasteiger partial charge on any atom is 0.163 e. The Bertz CT molecular complexity index is 575. The number of halogens is 1. The Morgan fingerprint density at radius 2 is 2.04 bits per heavy atom. The van der Waals surface area contributed by atoms with Crippen molar-refractivity contribution >= 4 is 22.6 Å². The third kappa shape index (κ3) is 3.88. The van der Waals surface area contributed by atoms with Crippen LogP contribution in [-0.2, 0) is 25.6 Å². The van der Waals surface area contributed by atoms with Crippen molar-refractivity contribution in [1.82, 2.24) is 5.06 Å². The number of rotatable bonds is 4. The predicted octanol–water partition coefficient (Wildman–Crippen LogP) is 3.25. The van der Waals surface area contributed by atoms with Crippen LogP contribution in [0.15, 0.2) is 39.7 Å². The van der Waals surface area contributed by atoms with E-state index in [0.717, 1.165) is 9.34 Å². The third-order valence-electron chi connectivity index (χ3n) is 3.99.